The number of unbranched alkanes of at least 4 members (excludes halogenated alkanes) is 1. The molecule has 60 heavy (non-hydrogen) atoms. The fourth-order valence-corrected chi connectivity index (χ4v) is 8.25. The summed E-state index contributed by atoms with van der Waals surface area (Å²) in [6, 6.07) is 18.3. The molecule has 0 radical (unpaired) electrons. The molecule has 11 nitrogen and oxygen atoms in total. The molecular weight excluding hydrogens is 806 g/mol. The van der Waals surface area contributed by atoms with Crippen molar-refractivity contribution in [3.8, 4) is 17.3 Å². The molecule has 1 saturated heterocycles. The number of hydrogen-bond acceptors (Lipinski definition) is 7. The van der Waals surface area contributed by atoms with Crippen LogP contribution in [0.2, 0.25) is 0 Å². The number of aromatic nitrogens is 1. The van der Waals surface area contributed by atoms with Gasteiger partial charge in [0.05, 0.1) is 40.6 Å². The van der Waals surface area contributed by atoms with Crippen LogP contribution in [0.25, 0.3) is 22.2 Å². The number of ether oxygens (including phenoxy) is 1. The fourth-order valence-electron chi connectivity index (χ4n) is 7.78. The van der Waals surface area contributed by atoms with Crippen molar-refractivity contribution in [1.29, 1.82) is 5.26 Å². The standard InChI is InChI=1S/C43H38F5N7O4S/c1-42(40(58)54(28-11-10-26(22-49)33(20-28)43(46,47)48)41(60)55(42)29-12-13-30(34(45)21-29)38(56)51-3)59-17-5-4-15-53-16-14-31-36-32(39(53)57)18-27(44)19-35(36)52-37(31)25-8-6-24(7-9-25)23-50-2/h6-13,18-21,50,52H,4-5,14-17,23H2,1-3H3,(H,51,56). The van der Waals surface area contributed by atoms with Gasteiger partial charge in [0.1, 0.15) is 11.6 Å². The first-order valence-electron chi connectivity index (χ1n) is 18.9. The molecule has 2 aliphatic heterocycles. The average Bonchev–Trinajstić information content (AvgIpc) is 3.62. The van der Waals surface area contributed by atoms with Gasteiger partial charge >= 0.3 is 6.18 Å². The largest absolute Gasteiger partial charge is 0.417 e. The third kappa shape index (κ3) is 7.57. The second-order valence-electron chi connectivity index (χ2n) is 14.5. The highest BCUT2D eigenvalue weighted by Crippen LogP contribution is 2.41. The van der Waals surface area contributed by atoms with Crippen LogP contribution in [0.3, 0.4) is 0 Å². The Balaban J connectivity index is 1.11. The van der Waals surface area contributed by atoms with Crippen LogP contribution < -0.4 is 20.4 Å². The van der Waals surface area contributed by atoms with E-state index in [1.54, 1.807) is 4.90 Å². The van der Waals surface area contributed by atoms with Gasteiger partial charge in [-0.3, -0.25) is 24.2 Å². The number of nitrogens with one attached hydrogen (secondary N) is 3. The van der Waals surface area contributed by atoms with E-state index in [1.165, 1.54) is 44.3 Å². The highest BCUT2D eigenvalue weighted by molar-refractivity contribution is 7.81. The topological polar surface area (TPSA) is 134 Å². The van der Waals surface area contributed by atoms with Gasteiger partial charge in [0.15, 0.2) is 5.11 Å². The lowest BCUT2D eigenvalue weighted by Crippen LogP contribution is -2.50. The zero-order chi connectivity index (χ0) is 43.1. The molecule has 3 amide bonds. The Morgan fingerprint density at radius 3 is 2.40 bits per heavy atom. The number of anilines is 2. The predicted octanol–water partition coefficient (Wildman–Crippen LogP) is 7.43. The van der Waals surface area contributed by atoms with Gasteiger partial charge in [-0.05, 0) is 111 Å². The van der Waals surface area contributed by atoms with Gasteiger partial charge in [-0.25, -0.2) is 8.78 Å². The molecule has 1 aromatic heterocycles. The van der Waals surface area contributed by atoms with Gasteiger partial charge in [-0.2, -0.15) is 18.4 Å². The van der Waals surface area contributed by atoms with E-state index in [4.69, 9.17) is 17.0 Å². The summed E-state index contributed by atoms with van der Waals surface area (Å²) < 4.78 is 78.5. The number of benzene rings is 4. The smallest absolute Gasteiger partial charge is 0.355 e. The third-order valence-corrected chi connectivity index (χ3v) is 11.1. The monoisotopic (exact) mass is 843 g/mol. The lowest BCUT2D eigenvalue weighted by atomic mass is 9.99. The minimum atomic E-state index is -4.94. The summed E-state index contributed by atoms with van der Waals surface area (Å²) in [5.41, 5.74) is -0.157. The number of alkyl halides is 3. The van der Waals surface area contributed by atoms with Crippen molar-refractivity contribution >= 4 is 57.3 Å². The van der Waals surface area contributed by atoms with Gasteiger partial charge < -0.3 is 25.3 Å². The Morgan fingerprint density at radius 2 is 1.73 bits per heavy atom. The number of aromatic amines is 1. The molecule has 0 saturated carbocycles. The summed E-state index contributed by atoms with van der Waals surface area (Å²) in [6.45, 7) is 2.51. The summed E-state index contributed by atoms with van der Waals surface area (Å²) in [5, 5.41) is 15.1. The number of hydrogen-bond donors (Lipinski definition) is 3. The van der Waals surface area contributed by atoms with E-state index < -0.39 is 46.5 Å². The van der Waals surface area contributed by atoms with Crippen molar-refractivity contribution in [1.82, 2.24) is 20.5 Å². The molecule has 310 valence electrons. The third-order valence-electron chi connectivity index (χ3n) is 10.7. The maximum Gasteiger partial charge on any atom is 0.417 e. The van der Waals surface area contributed by atoms with Gasteiger partial charge in [0.25, 0.3) is 17.7 Å². The summed E-state index contributed by atoms with van der Waals surface area (Å²) in [5.74, 6) is -3.48. The normalized spacial score (nSPS) is 16.8. The maximum atomic E-state index is 15.3. The van der Waals surface area contributed by atoms with E-state index in [1.807, 2.05) is 31.3 Å². The van der Waals surface area contributed by atoms with Gasteiger partial charge in [-0.15, -0.1) is 0 Å². The number of rotatable bonds is 12. The molecule has 5 aromatic rings. The Morgan fingerprint density at radius 1 is 1.00 bits per heavy atom. The molecule has 0 bridgehead atoms. The van der Waals surface area contributed by atoms with Crippen LogP contribution in [0.15, 0.2) is 72.8 Å². The van der Waals surface area contributed by atoms with Crippen molar-refractivity contribution in [2.75, 3.05) is 43.6 Å². The predicted molar refractivity (Wildman–Crippen MR) is 218 cm³/mol. The van der Waals surface area contributed by atoms with E-state index in [2.05, 4.69) is 15.6 Å². The van der Waals surface area contributed by atoms with Crippen molar-refractivity contribution in [2.24, 2.45) is 0 Å². The SMILES string of the molecule is CNCc1ccc(-c2[nH]c3cc(F)cc4c3c2CCN(CCCCOC2(C)C(=O)N(c3ccc(C#N)c(C(F)(F)F)c3)C(=S)N2c2ccc(C(=O)NC)c(F)c2)C4=O)cc1. The van der Waals surface area contributed by atoms with Crippen molar-refractivity contribution < 1.29 is 41.1 Å². The number of nitrogens with zero attached hydrogens (tertiary/aromatic N) is 4. The zero-order valence-corrected chi connectivity index (χ0v) is 33.4. The Hall–Kier alpha value is -6.22. The molecule has 2 aliphatic rings. The lowest BCUT2D eigenvalue weighted by Gasteiger charge is -2.33. The van der Waals surface area contributed by atoms with Crippen LogP contribution in [-0.2, 0) is 28.7 Å². The number of halogens is 5. The first kappa shape index (κ1) is 41.9. The molecular formula is C43H38F5N7O4S. The van der Waals surface area contributed by atoms with Crippen LogP contribution in [0, 0.1) is 23.0 Å². The summed E-state index contributed by atoms with van der Waals surface area (Å²) in [4.78, 5) is 47.4. The van der Waals surface area contributed by atoms with E-state index in [9.17, 15) is 37.2 Å². The molecule has 0 aliphatic carbocycles. The second-order valence-corrected chi connectivity index (χ2v) is 14.9. The molecule has 4 aromatic carbocycles. The number of H-pyrrole nitrogens is 1. The number of amides is 3. The zero-order valence-electron chi connectivity index (χ0n) is 32.6. The number of nitriles is 1. The van der Waals surface area contributed by atoms with E-state index >= 15 is 4.39 Å². The fraction of sp³-hybridized carbons (Fsp3) is 0.279. The molecule has 17 heteroatoms. The van der Waals surface area contributed by atoms with Crippen LogP contribution in [-0.4, -0.2) is 72.2 Å². The Bertz CT molecular complexity index is 2590. The lowest BCUT2D eigenvalue weighted by molar-refractivity contribution is -0.138. The van der Waals surface area contributed by atoms with Crippen molar-refractivity contribution in [2.45, 2.75) is 44.6 Å². The van der Waals surface area contributed by atoms with Crippen LogP contribution in [0.1, 0.15) is 62.7 Å². The molecule has 1 unspecified atom stereocenters. The first-order valence-corrected chi connectivity index (χ1v) is 19.3. The van der Waals surface area contributed by atoms with Crippen molar-refractivity contribution in [3.05, 3.63) is 118 Å². The number of carbonyl (C=O) groups excluding carboxylic acids is 3. The Kier molecular flexibility index (Phi) is 11.5. The second kappa shape index (κ2) is 16.4. The highest BCUT2D eigenvalue weighted by atomic mass is 32.1. The minimum Gasteiger partial charge on any atom is -0.355 e. The first-order chi connectivity index (χ1) is 28.6. The minimum absolute atomic E-state index is 0.0262. The molecule has 1 atom stereocenters. The number of thiocarbonyl (C=S) groups is 1. The van der Waals surface area contributed by atoms with Crippen LogP contribution >= 0.6 is 12.2 Å². The van der Waals surface area contributed by atoms with Crippen molar-refractivity contribution in [3.63, 3.8) is 0 Å². The quantitative estimate of drug-likeness (QED) is 0.0672. The van der Waals surface area contributed by atoms with E-state index in [0.29, 0.717) is 42.9 Å². The number of carbonyl (C=O) groups is 3. The highest BCUT2D eigenvalue weighted by Gasteiger charge is 2.55. The average molecular weight is 844 g/mol. The van der Waals surface area contributed by atoms with Gasteiger partial charge in [-0.1, -0.05) is 24.3 Å². The Labute approximate surface area is 346 Å². The molecule has 7 rings (SSSR count). The summed E-state index contributed by atoms with van der Waals surface area (Å²) in [7, 11) is 3.18. The summed E-state index contributed by atoms with van der Waals surface area (Å²) >= 11 is 5.66. The molecule has 3 heterocycles. The molecule has 1 fully saturated rings. The maximum absolute atomic E-state index is 15.3. The van der Waals surface area contributed by atoms with E-state index in [0.717, 1.165) is 50.4 Å². The molecule has 3 N–H and O–H groups in total. The van der Waals surface area contributed by atoms with Gasteiger partial charge in [0, 0.05) is 49.0 Å². The summed E-state index contributed by atoms with van der Waals surface area (Å²) in [6.07, 6.45) is -3.80. The van der Waals surface area contributed by atoms with Crippen LogP contribution in [0.4, 0.5) is 33.3 Å². The van der Waals surface area contributed by atoms with Crippen LogP contribution in [0.5, 0.6) is 0 Å². The van der Waals surface area contributed by atoms with E-state index in [-0.39, 0.29) is 53.1 Å². The molecule has 0 spiro atoms. The van der Waals surface area contributed by atoms with Gasteiger partial charge in [0.2, 0.25) is 5.72 Å².